The van der Waals surface area contributed by atoms with Gasteiger partial charge in [0, 0.05) is 15.7 Å². The quantitative estimate of drug-likeness (QED) is 0.801. The molecular weight excluding hydrogens is 244 g/mol. The molecule has 1 aromatic rings. The molecule has 0 saturated carbocycles. The Morgan fingerprint density at radius 1 is 1.47 bits per heavy atom. The fourth-order valence-corrected chi connectivity index (χ4v) is 2.81. The first-order valence-corrected chi connectivity index (χ1v) is 6.23. The van der Waals surface area contributed by atoms with Gasteiger partial charge in [0.1, 0.15) is 11.6 Å². The average Bonchev–Trinajstić information content (AvgIpc) is 2.23. The van der Waals surface area contributed by atoms with Crippen LogP contribution in [0.4, 0.5) is 8.78 Å². The van der Waals surface area contributed by atoms with Crippen molar-refractivity contribution < 1.29 is 13.9 Å². The monoisotopic (exact) mass is 261 g/mol. The summed E-state index contributed by atoms with van der Waals surface area (Å²) in [7, 11) is 0. The summed E-state index contributed by atoms with van der Waals surface area (Å²) in [6, 6.07) is 3.37. The standard InChI is InChI=1S/C12H17F2NOS/c1-8(6-12(2,15)7-16)17-11-5-9(13)3-4-10(11)14/h3-5,8,16H,6-7,15H2,1-2H3. The van der Waals surface area contributed by atoms with Gasteiger partial charge in [-0.3, -0.25) is 0 Å². The van der Waals surface area contributed by atoms with Crippen LogP contribution >= 0.6 is 11.8 Å². The fourth-order valence-electron chi connectivity index (χ4n) is 1.55. The lowest BCUT2D eigenvalue weighted by Crippen LogP contribution is -2.42. The average molecular weight is 261 g/mol. The molecule has 0 heterocycles. The minimum absolute atomic E-state index is 0.00606. The van der Waals surface area contributed by atoms with E-state index in [9.17, 15) is 8.78 Å². The van der Waals surface area contributed by atoms with Crippen molar-refractivity contribution in [2.45, 2.75) is 36.0 Å². The van der Waals surface area contributed by atoms with Crippen molar-refractivity contribution in [2.75, 3.05) is 6.61 Å². The predicted octanol–water partition coefficient (Wildman–Crippen LogP) is 2.55. The van der Waals surface area contributed by atoms with E-state index in [0.717, 1.165) is 12.1 Å². The molecule has 2 atom stereocenters. The molecule has 0 aromatic heterocycles. The first-order valence-electron chi connectivity index (χ1n) is 5.35. The van der Waals surface area contributed by atoms with Gasteiger partial charge in [-0.15, -0.1) is 11.8 Å². The third kappa shape index (κ3) is 4.61. The topological polar surface area (TPSA) is 46.2 Å². The van der Waals surface area contributed by atoms with E-state index < -0.39 is 17.2 Å². The van der Waals surface area contributed by atoms with Crippen LogP contribution in [0.5, 0.6) is 0 Å². The molecule has 2 nitrogen and oxygen atoms in total. The Morgan fingerprint density at radius 3 is 2.71 bits per heavy atom. The highest BCUT2D eigenvalue weighted by molar-refractivity contribution is 8.00. The molecule has 1 aromatic carbocycles. The number of thioether (sulfide) groups is 1. The van der Waals surface area contributed by atoms with Crippen LogP contribution in [0.15, 0.2) is 23.1 Å². The van der Waals surface area contributed by atoms with E-state index in [0.29, 0.717) is 6.42 Å². The third-order valence-corrected chi connectivity index (χ3v) is 3.47. The fraction of sp³-hybridized carbons (Fsp3) is 0.500. The van der Waals surface area contributed by atoms with Gasteiger partial charge in [0.15, 0.2) is 0 Å². The van der Waals surface area contributed by atoms with Crippen LogP contribution in [-0.4, -0.2) is 22.5 Å². The maximum Gasteiger partial charge on any atom is 0.136 e. The number of benzene rings is 1. The first-order chi connectivity index (χ1) is 7.84. The molecule has 0 aliphatic heterocycles. The van der Waals surface area contributed by atoms with Gasteiger partial charge in [-0.05, 0) is 31.5 Å². The number of aliphatic hydroxyl groups excluding tert-OH is 1. The summed E-state index contributed by atoms with van der Waals surface area (Å²) < 4.78 is 26.3. The zero-order valence-corrected chi connectivity index (χ0v) is 10.7. The first kappa shape index (κ1) is 14.4. The molecule has 0 bridgehead atoms. The minimum Gasteiger partial charge on any atom is -0.394 e. The van der Waals surface area contributed by atoms with Crippen molar-refractivity contribution in [1.82, 2.24) is 0 Å². The molecule has 0 amide bonds. The summed E-state index contributed by atoms with van der Waals surface area (Å²) in [4.78, 5) is 0.270. The van der Waals surface area contributed by atoms with E-state index in [-0.39, 0.29) is 16.8 Å². The Hall–Kier alpha value is -0.650. The van der Waals surface area contributed by atoms with Crippen molar-refractivity contribution in [3.05, 3.63) is 29.8 Å². The molecule has 0 fully saturated rings. The SMILES string of the molecule is CC(CC(C)(N)CO)Sc1cc(F)ccc1F. The Bertz CT molecular complexity index is 385. The number of aliphatic hydroxyl groups is 1. The van der Waals surface area contributed by atoms with Gasteiger partial charge in [-0.25, -0.2) is 8.78 Å². The highest BCUT2D eigenvalue weighted by Gasteiger charge is 2.22. The summed E-state index contributed by atoms with van der Waals surface area (Å²) in [6.45, 7) is 3.46. The van der Waals surface area contributed by atoms with Crippen molar-refractivity contribution >= 4 is 11.8 Å². The number of hydrogen-bond donors (Lipinski definition) is 2. The molecule has 3 N–H and O–H groups in total. The van der Waals surface area contributed by atoms with E-state index >= 15 is 0 Å². The van der Waals surface area contributed by atoms with Crippen LogP contribution in [-0.2, 0) is 0 Å². The van der Waals surface area contributed by atoms with Gasteiger partial charge in [0.2, 0.25) is 0 Å². The van der Waals surface area contributed by atoms with Crippen LogP contribution in [0.2, 0.25) is 0 Å². The summed E-state index contributed by atoms with van der Waals surface area (Å²) in [5, 5.41) is 9.03. The Kier molecular flexibility index (Phi) is 4.91. The maximum atomic E-state index is 13.4. The van der Waals surface area contributed by atoms with E-state index in [1.54, 1.807) is 6.92 Å². The molecule has 0 aliphatic carbocycles. The predicted molar refractivity (Wildman–Crippen MR) is 66.0 cm³/mol. The van der Waals surface area contributed by atoms with Crippen LogP contribution < -0.4 is 5.73 Å². The molecule has 0 saturated heterocycles. The summed E-state index contributed by atoms with van der Waals surface area (Å²) >= 11 is 1.22. The molecule has 0 radical (unpaired) electrons. The molecule has 2 unspecified atom stereocenters. The van der Waals surface area contributed by atoms with E-state index in [1.165, 1.54) is 17.8 Å². The minimum atomic E-state index is -0.698. The highest BCUT2D eigenvalue weighted by Crippen LogP contribution is 2.30. The Labute approximate surface area is 104 Å². The summed E-state index contributed by atoms with van der Waals surface area (Å²) in [6.07, 6.45) is 0.518. The van der Waals surface area contributed by atoms with Crippen LogP contribution in [0.1, 0.15) is 20.3 Å². The largest absolute Gasteiger partial charge is 0.394 e. The normalized spacial score (nSPS) is 16.6. The Balaban J connectivity index is 2.68. The zero-order valence-electron chi connectivity index (χ0n) is 9.91. The second kappa shape index (κ2) is 5.80. The van der Waals surface area contributed by atoms with Crippen LogP contribution in [0.25, 0.3) is 0 Å². The van der Waals surface area contributed by atoms with E-state index in [4.69, 9.17) is 10.8 Å². The number of rotatable bonds is 5. The van der Waals surface area contributed by atoms with Gasteiger partial charge in [-0.1, -0.05) is 6.92 Å². The highest BCUT2D eigenvalue weighted by atomic mass is 32.2. The molecule has 1 rings (SSSR count). The molecule has 0 aliphatic rings. The number of hydrogen-bond acceptors (Lipinski definition) is 3. The molecule has 5 heteroatoms. The van der Waals surface area contributed by atoms with Crippen LogP contribution in [0, 0.1) is 11.6 Å². The summed E-state index contributed by atoms with van der Waals surface area (Å²) in [5.74, 6) is -0.898. The van der Waals surface area contributed by atoms with Gasteiger partial charge < -0.3 is 10.8 Å². The van der Waals surface area contributed by atoms with Crippen molar-refractivity contribution in [1.29, 1.82) is 0 Å². The number of nitrogens with two attached hydrogens (primary N) is 1. The van der Waals surface area contributed by atoms with Gasteiger partial charge in [-0.2, -0.15) is 0 Å². The van der Waals surface area contributed by atoms with Crippen molar-refractivity contribution in [3.63, 3.8) is 0 Å². The molecule has 17 heavy (non-hydrogen) atoms. The van der Waals surface area contributed by atoms with Crippen molar-refractivity contribution in [3.8, 4) is 0 Å². The lowest BCUT2D eigenvalue weighted by atomic mass is 9.99. The molecule has 0 spiro atoms. The van der Waals surface area contributed by atoms with Gasteiger partial charge in [0.25, 0.3) is 0 Å². The van der Waals surface area contributed by atoms with Gasteiger partial charge in [0.05, 0.1) is 6.61 Å². The maximum absolute atomic E-state index is 13.4. The second-order valence-corrected chi connectivity index (χ2v) is 6.00. The Morgan fingerprint density at radius 2 is 2.12 bits per heavy atom. The lowest BCUT2D eigenvalue weighted by molar-refractivity contribution is 0.201. The molecular formula is C12H17F2NOS. The van der Waals surface area contributed by atoms with E-state index in [1.807, 2.05) is 6.92 Å². The van der Waals surface area contributed by atoms with E-state index in [2.05, 4.69) is 0 Å². The summed E-state index contributed by atoms with van der Waals surface area (Å²) in [5.41, 5.74) is 5.11. The second-order valence-electron chi connectivity index (χ2n) is 4.52. The number of halogens is 2. The lowest BCUT2D eigenvalue weighted by Gasteiger charge is -2.25. The van der Waals surface area contributed by atoms with Crippen molar-refractivity contribution in [2.24, 2.45) is 5.73 Å². The van der Waals surface area contributed by atoms with Gasteiger partial charge >= 0.3 is 0 Å². The van der Waals surface area contributed by atoms with Crippen LogP contribution in [0.3, 0.4) is 0 Å². The third-order valence-electron chi connectivity index (χ3n) is 2.34. The zero-order chi connectivity index (χ0) is 13.1. The molecule has 96 valence electrons. The smallest absolute Gasteiger partial charge is 0.136 e.